The standard InChI is InChI=1S/C21H19BrN4O3/c1-2-3-4-10-26-20(27)16-9-8-14(12-17(16)23-21(26)28)19-24-18(25-29-19)13-6-5-7-15(22)11-13/h5-9,11-12H,2-4,10H2,1H3,(H,23,28). The van der Waals surface area contributed by atoms with E-state index in [0.717, 1.165) is 29.3 Å². The number of nitrogens with one attached hydrogen (secondary N) is 1. The van der Waals surface area contributed by atoms with E-state index in [1.165, 1.54) is 4.57 Å². The third kappa shape index (κ3) is 3.93. The fraction of sp³-hybridized carbons (Fsp3) is 0.238. The van der Waals surface area contributed by atoms with E-state index in [1.807, 2.05) is 24.3 Å². The largest absolute Gasteiger partial charge is 0.334 e. The van der Waals surface area contributed by atoms with Crippen LogP contribution in [-0.2, 0) is 6.54 Å². The van der Waals surface area contributed by atoms with Gasteiger partial charge in [-0.25, -0.2) is 4.79 Å². The van der Waals surface area contributed by atoms with Gasteiger partial charge in [-0.05, 0) is 36.8 Å². The molecule has 4 aromatic rings. The van der Waals surface area contributed by atoms with Gasteiger partial charge in [-0.3, -0.25) is 9.36 Å². The van der Waals surface area contributed by atoms with Crippen LogP contribution in [0.2, 0.25) is 0 Å². The van der Waals surface area contributed by atoms with Crippen molar-refractivity contribution >= 4 is 26.8 Å². The van der Waals surface area contributed by atoms with Gasteiger partial charge < -0.3 is 9.51 Å². The van der Waals surface area contributed by atoms with Crippen LogP contribution in [0.1, 0.15) is 26.2 Å². The normalized spacial score (nSPS) is 11.2. The predicted octanol–water partition coefficient (Wildman–Crippen LogP) is 4.36. The van der Waals surface area contributed by atoms with Crippen LogP contribution in [0.3, 0.4) is 0 Å². The predicted molar refractivity (Wildman–Crippen MR) is 115 cm³/mol. The molecule has 0 fully saturated rings. The van der Waals surface area contributed by atoms with Crippen molar-refractivity contribution in [2.75, 3.05) is 0 Å². The van der Waals surface area contributed by atoms with Gasteiger partial charge in [0, 0.05) is 22.1 Å². The maximum atomic E-state index is 12.7. The van der Waals surface area contributed by atoms with Gasteiger partial charge >= 0.3 is 5.69 Å². The highest BCUT2D eigenvalue weighted by molar-refractivity contribution is 9.10. The highest BCUT2D eigenvalue weighted by Gasteiger charge is 2.13. The highest BCUT2D eigenvalue weighted by Crippen LogP contribution is 2.25. The number of aromatic nitrogens is 4. The summed E-state index contributed by atoms with van der Waals surface area (Å²) in [6.45, 7) is 2.49. The first-order chi connectivity index (χ1) is 14.1. The summed E-state index contributed by atoms with van der Waals surface area (Å²) in [5, 5.41) is 4.49. The summed E-state index contributed by atoms with van der Waals surface area (Å²) in [5.41, 5.74) is 1.21. The Hall–Kier alpha value is -3.00. The van der Waals surface area contributed by atoms with Crippen molar-refractivity contribution in [3.8, 4) is 22.8 Å². The summed E-state index contributed by atoms with van der Waals surface area (Å²) < 4.78 is 7.57. The molecule has 0 bridgehead atoms. The van der Waals surface area contributed by atoms with Crippen LogP contribution >= 0.6 is 15.9 Å². The molecule has 0 aliphatic rings. The number of nitrogens with zero attached hydrogens (tertiary/aromatic N) is 3. The molecule has 148 valence electrons. The van der Waals surface area contributed by atoms with Crippen molar-refractivity contribution in [2.24, 2.45) is 0 Å². The molecule has 4 rings (SSSR count). The number of H-pyrrole nitrogens is 1. The second kappa shape index (κ2) is 8.16. The molecule has 7 nitrogen and oxygen atoms in total. The molecule has 0 saturated carbocycles. The molecule has 0 saturated heterocycles. The van der Waals surface area contributed by atoms with Crippen molar-refractivity contribution in [1.29, 1.82) is 0 Å². The number of aromatic amines is 1. The van der Waals surface area contributed by atoms with Crippen molar-refractivity contribution in [3.05, 3.63) is 67.8 Å². The Kier molecular flexibility index (Phi) is 5.44. The Morgan fingerprint density at radius 2 is 1.97 bits per heavy atom. The van der Waals surface area contributed by atoms with E-state index in [0.29, 0.717) is 34.7 Å². The zero-order chi connectivity index (χ0) is 20.4. The molecule has 0 spiro atoms. The number of hydrogen-bond acceptors (Lipinski definition) is 5. The molecule has 0 unspecified atom stereocenters. The third-order valence-corrected chi connectivity index (χ3v) is 5.22. The average Bonchev–Trinajstić information content (AvgIpc) is 3.20. The minimum Gasteiger partial charge on any atom is -0.334 e. The molecule has 0 amide bonds. The second-order valence-corrected chi connectivity index (χ2v) is 7.70. The Labute approximate surface area is 174 Å². The molecule has 0 radical (unpaired) electrons. The molecule has 0 atom stereocenters. The number of fused-ring (bicyclic) bond motifs is 1. The van der Waals surface area contributed by atoms with Gasteiger partial charge in [-0.15, -0.1) is 0 Å². The Bertz CT molecular complexity index is 1290. The lowest BCUT2D eigenvalue weighted by atomic mass is 10.1. The number of benzene rings is 2. The van der Waals surface area contributed by atoms with Crippen LogP contribution in [0, 0.1) is 0 Å². The maximum absolute atomic E-state index is 12.7. The Morgan fingerprint density at radius 1 is 1.10 bits per heavy atom. The van der Waals surface area contributed by atoms with Crippen LogP contribution in [-0.4, -0.2) is 19.7 Å². The van der Waals surface area contributed by atoms with Crippen molar-refractivity contribution in [2.45, 2.75) is 32.7 Å². The smallest absolute Gasteiger partial charge is 0.328 e. The van der Waals surface area contributed by atoms with Crippen molar-refractivity contribution in [1.82, 2.24) is 19.7 Å². The minimum absolute atomic E-state index is 0.285. The van der Waals surface area contributed by atoms with E-state index in [4.69, 9.17) is 4.52 Å². The first kappa shape index (κ1) is 19.3. The lowest BCUT2D eigenvalue weighted by Crippen LogP contribution is -2.35. The number of hydrogen-bond donors (Lipinski definition) is 1. The van der Waals surface area contributed by atoms with Crippen molar-refractivity contribution in [3.63, 3.8) is 0 Å². The fourth-order valence-electron chi connectivity index (χ4n) is 3.20. The summed E-state index contributed by atoms with van der Waals surface area (Å²) in [6.07, 6.45) is 2.79. The lowest BCUT2D eigenvalue weighted by molar-refractivity contribution is 0.432. The molecular weight excluding hydrogens is 436 g/mol. The van der Waals surface area contributed by atoms with Gasteiger partial charge in [0.15, 0.2) is 0 Å². The molecule has 1 N–H and O–H groups in total. The van der Waals surface area contributed by atoms with E-state index < -0.39 is 5.69 Å². The van der Waals surface area contributed by atoms with Crippen LogP contribution in [0.5, 0.6) is 0 Å². The third-order valence-electron chi connectivity index (χ3n) is 4.72. The van der Waals surface area contributed by atoms with E-state index in [1.54, 1.807) is 18.2 Å². The van der Waals surface area contributed by atoms with E-state index >= 15 is 0 Å². The summed E-state index contributed by atoms with van der Waals surface area (Å²) in [6, 6.07) is 12.7. The van der Waals surface area contributed by atoms with E-state index in [9.17, 15) is 9.59 Å². The van der Waals surface area contributed by atoms with E-state index in [2.05, 4.69) is 38.0 Å². The summed E-state index contributed by atoms with van der Waals surface area (Å²) in [5.74, 6) is 0.774. The number of rotatable bonds is 6. The first-order valence-corrected chi connectivity index (χ1v) is 10.2. The second-order valence-electron chi connectivity index (χ2n) is 6.79. The van der Waals surface area contributed by atoms with Gasteiger partial charge in [0.1, 0.15) is 0 Å². The van der Waals surface area contributed by atoms with Crippen LogP contribution in [0.15, 0.2) is 61.0 Å². The molecule has 29 heavy (non-hydrogen) atoms. The maximum Gasteiger partial charge on any atom is 0.328 e. The van der Waals surface area contributed by atoms with Gasteiger partial charge in [-0.2, -0.15) is 4.98 Å². The lowest BCUT2D eigenvalue weighted by Gasteiger charge is -2.06. The molecule has 2 aromatic heterocycles. The number of halogens is 1. The van der Waals surface area contributed by atoms with Gasteiger partial charge in [0.2, 0.25) is 5.82 Å². The average molecular weight is 455 g/mol. The summed E-state index contributed by atoms with van der Waals surface area (Å²) >= 11 is 3.43. The summed E-state index contributed by atoms with van der Waals surface area (Å²) in [4.78, 5) is 32.3. The molecule has 8 heteroatoms. The van der Waals surface area contributed by atoms with Gasteiger partial charge in [-0.1, -0.05) is 53.0 Å². The van der Waals surface area contributed by atoms with Crippen LogP contribution in [0.4, 0.5) is 0 Å². The Balaban J connectivity index is 1.70. The Morgan fingerprint density at radius 3 is 2.76 bits per heavy atom. The summed E-state index contributed by atoms with van der Waals surface area (Å²) in [7, 11) is 0. The van der Waals surface area contributed by atoms with Gasteiger partial charge in [0.25, 0.3) is 11.4 Å². The molecule has 2 aromatic carbocycles. The van der Waals surface area contributed by atoms with Crippen molar-refractivity contribution < 1.29 is 4.52 Å². The molecule has 2 heterocycles. The molecular formula is C21H19BrN4O3. The van der Waals surface area contributed by atoms with Crippen LogP contribution < -0.4 is 11.2 Å². The quantitative estimate of drug-likeness (QED) is 0.436. The zero-order valence-electron chi connectivity index (χ0n) is 15.8. The minimum atomic E-state index is -0.406. The van der Waals surface area contributed by atoms with Gasteiger partial charge in [0.05, 0.1) is 10.9 Å². The zero-order valence-corrected chi connectivity index (χ0v) is 17.4. The topological polar surface area (TPSA) is 93.8 Å². The highest BCUT2D eigenvalue weighted by atomic mass is 79.9. The number of unbranched alkanes of at least 4 members (excludes halogenated alkanes) is 2. The SMILES string of the molecule is CCCCCn1c(=O)[nH]c2cc(-c3nc(-c4cccc(Br)c4)no3)ccc2c1=O. The molecule has 0 aliphatic heterocycles. The monoisotopic (exact) mass is 454 g/mol. The van der Waals surface area contributed by atoms with E-state index in [-0.39, 0.29) is 5.56 Å². The fourth-order valence-corrected chi connectivity index (χ4v) is 3.60. The van der Waals surface area contributed by atoms with Crippen LogP contribution in [0.25, 0.3) is 33.7 Å². The molecule has 0 aliphatic carbocycles. The first-order valence-electron chi connectivity index (χ1n) is 9.43.